The first-order chi connectivity index (χ1) is 15.6. The molecule has 32 heavy (non-hydrogen) atoms. The van der Waals surface area contributed by atoms with E-state index in [1.54, 1.807) is 6.20 Å². The highest BCUT2D eigenvalue weighted by atomic mass is 16.2. The molecule has 0 saturated carbocycles. The quantitative estimate of drug-likeness (QED) is 0.494. The lowest BCUT2D eigenvalue weighted by molar-refractivity contribution is -0.130. The highest BCUT2D eigenvalue weighted by Gasteiger charge is 2.28. The molecule has 1 fully saturated rings. The van der Waals surface area contributed by atoms with Crippen LogP contribution in [0.2, 0.25) is 0 Å². The van der Waals surface area contributed by atoms with Crippen molar-refractivity contribution in [2.45, 2.75) is 32.1 Å². The van der Waals surface area contributed by atoms with Gasteiger partial charge in [-0.15, -0.1) is 0 Å². The third-order valence-corrected chi connectivity index (χ3v) is 6.34. The van der Waals surface area contributed by atoms with E-state index in [2.05, 4.69) is 34.2 Å². The van der Waals surface area contributed by atoms with Gasteiger partial charge in [0.15, 0.2) is 0 Å². The van der Waals surface area contributed by atoms with E-state index in [0.717, 1.165) is 54.0 Å². The van der Waals surface area contributed by atoms with E-state index < -0.39 is 0 Å². The number of benzene rings is 1. The molecule has 1 aliphatic rings. The number of fused-ring (bicyclic) bond motifs is 1. The number of nitrogen functional groups attached to an aromatic ring is 1. The Morgan fingerprint density at radius 2 is 2.06 bits per heavy atom. The molecule has 1 atom stereocenters. The molecular formula is C26H27N5O. The zero-order valence-electron chi connectivity index (χ0n) is 18.2. The van der Waals surface area contributed by atoms with Gasteiger partial charge in [0.25, 0.3) is 0 Å². The molecule has 6 heteroatoms. The first-order valence-electron chi connectivity index (χ1n) is 11.1. The minimum Gasteiger partial charge on any atom is -0.384 e. The summed E-state index contributed by atoms with van der Waals surface area (Å²) >= 11 is 0. The Labute approximate surface area is 187 Å². The number of amides is 1. The standard InChI is InChI=1S/C26H27N5O/c1-17-12-21(18-6-8-25(27)29-14-18)13-24(30-17)20-10-11-31(16-20)26(32)9-7-19-15-28-23-5-3-2-4-22(19)23/h2-6,8,12-15,20,28H,7,9-11,16H2,1H3,(H2,27,29). The summed E-state index contributed by atoms with van der Waals surface area (Å²) in [6.07, 6.45) is 6.03. The number of aryl methyl sites for hydroxylation is 2. The number of carbonyl (C=O) groups is 1. The van der Waals surface area contributed by atoms with Crippen molar-refractivity contribution in [3.63, 3.8) is 0 Å². The molecule has 0 bridgehead atoms. The van der Waals surface area contributed by atoms with Gasteiger partial charge in [-0.3, -0.25) is 9.78 Å². The molecule has 1 saturated heterocycles. The Bertz CT molecular complexity index is 1260. The number of nitrogens with two attached hydrogens (primary N) is 1. The van der Waals surface area contributed by atoms with E-state index in [1.807, 2.05) is 42.3 Å². The monoisotopic (exact) mass is 425 g/mol. The van der Waals surface area contributed by atoms with Gasteiger partial charge in [-0.2, -0.15) is 0 Å². The number of hydrogen-bond acceptors (Lipinski definition) is 4. The number of hydrogen-bond donors (Lipinski definition) is 2. The molecule has 1 amide bonds. The van der Waals surface area contributed by atoms with Crippen LogP contribution in [0.25, 0.3) is 22.0 Å². The van der Waals surface area contributed by atoms with Gasteiger partial charge in [-0.25, -0.2) is 4.98 Å². The van der Waals surface area contributed by atoms with Crippen molar-refractivity contribution in [3.8, 4) is 11.1 Å². The molecule has 0 spiro atoms. The van der Waals surface area contributed by atoms with Crippen LogP contribution in [0.4, 0.5) is 5.82 Å². The van der Waals surface area contributed by atoms with Crippen molar-refractivity contribution in [3.05, 3.63) is 77.9 Å². The summed E-state index contributed by atoms with van der Waals surface area (Å²) in [5, 5.41) is 1.20. The second-order valence-electron chi connectivity index (χ2n) is 8.58. The molecule has 4 aromatic rings. The van der Waals surface area contributed by atoms with Gasteiger partial charge in [-0.1, -0.05) is 18.2 Å². The summed E-state index contributed by atoms with van der Waals surface area (Å²) < 4.78 is 0. The maximum Gasteiger partial charge on any atom is 0.222 e. The number of pyridine rings is 2. The molecular weight excluding hydrogens is 398 g/mol. The van der Waals surface area contributed by atoms with E-state index in [4.69, 9.17) is 10.7 Å². The average molecular weight is 426 g/mol. The van der Waals surface area contributed by atoms with Crippen LogP contribution in [-0.4, -0.2) is 38.8 Å². The van der Waals surface area contributed by atoms with Gasteiger partial charge in [0.2, 0.25) is 5.91 Å². The number of aromatic nitrogens is 3. The van der Waals surface area contributed by atoms with E-state index >= 15 is 0 Å². The van der Waals surface area contributed by atoms with Crippen LogP contribution in [0.3, 0.4) is 0 Å². The molecule has 4 heterocycles. The third-order valence-electron chi connectivity index (χ3n) is 6.34. The van der Waals surface area contributed by atoms with Gasteiger partial charge in [0.1, 0.15) is 5.82 Å². The van der Waals surface area contributed by atoms with Crippen LogP contribution in [0, 0.1) is 6.92 Å². The van der Waals surface area contributed by atoms with Crippen LogP contribution in [0.15, 0.2) is 60.9 Å². The second kappa shape index (κ2) is 8.46. The fraction of sp³-hybridized carbons (Fsp3) is 0.269. The van der Waals surface area contributed by atoms with E-state index in [1.165, 1.54) is 10.9 Å². The summed E-state index contributed by atoms with van der Waals surface area (Å²) in [5.74, 6) is 0.984. The first kappa shape index (κ1) is 20.2. The summed E-state index contributed by atoms with van der Waals surface area (Å²) in [6.45, 7) is 3.52. The molecule has 5 rings (SSSR count). The zero-order chi connectivity index (χ0) is 22.1. The number of nitrogens with zero attached hydrogens (tertiary/aromatic N) is 3. The Morgan fingerprint density at radius 3 is 2.91 bits per heavy atom. The number of carbonyl (C=O) groups excluding carboxylic acids is 1. The van der Waals surface area contributed by atoms with E-state index in [-0.39, 0.29) is 11.8 Å². The van der Waals surface area contributed by atoms with Crippen molar-refractivity contribution in [1.29, 1.82) is 0 Å². The summed E-state index contributed by atoms with van der Waals surface area (Å²) in [6, 6.07) is 16.2. The zero-order valence-corrected chi connectivity index (χ0v) is 18.2. The maximum atomic E-state index is 12.9. The van der Waals surface area contributed by atoms with E-state index in [0.29, 0.717) is 12.2 Å². The number of aromatic amines is 1. The van der Waals surface area contributed by atoms with Crippen molar-refractivity contribution in [1.82, 2.24) is 19.9 Å². The van der Waals surface area contributed by atoms with Crippen LogP contribution in [0.1, 0.15) is 35.7 Å². The lowest BCUT2D eigenvalue weighted by Gasteiger charge is -2.17. The second-order valence-corrected chi connectivity index (χ2v) is 8.58. The molecule has 6 nitrogen and oxygen atoms in total. The fourth-order valence-electron chi connectivity index (χ4n) is 4.61. The van der Waals surface area contributed by atoms with Gasteiger partial charge in [0, 0.05) is 65.7 Å². The fourth-order valence-corrected chi connectivity index (χ4v) is 4.61. The number of rotatable bonds is 5. The normalized spacial score (nSPS) is 16.0. The van der Waals surface area contributed by atoms with Crippen molar-refractivity contribution in [2.24, 2.45) is 0 Å². The lowest BCUT2D eigenvalue weighted by atomic mass is 9.99. The molecule has 0 aliphatic carbocycles. The maximum absolute atomic E-state index is 12.9. The third kappa shape index (κ3) is 4.08. The highest BCUT2D eigenvalue weighted by Crippen LogP contribution is 2.30. The van der Waals surface area contributed by atoms with Crippen molar-refractivity contribution in [2.75, 3.05) is 18.8 Å². The summed E-state index contributed by atoms with van der Waals surface area (Å²) in [4.78, 5) is 27.2. The Morgan fingerprint density at radius 1 is 1.19 bits per heavy atom. The molecule has 3 N–H and O–H groups in total. The Balaban J connectivity index is 1.26. The highest BCUT2D eigenvalue weighted by molar-refractivity contribution is 5.84. The largest absolute Gasteiger partial charge is 0.384 e. The predicted molar refractivity (Wildman–Crippen MR) is 127 cm³/mol. The Hall–Kier alpha value is -3.67. The smallest absolute Gasteiger partial charge is 0.222 e. The number of H-pyrrole nitrogens is 1. The number of nitrogens with one attached hydrogen (secondary N) is 1. The molecule has 3 aromatic heterocycles. The first-order valence-corrected chi connectivity index (χ1v) is 11.1. The average Bonchev–Trinajstić information content (AvgIpc) is 3.45. The number of anilines is 1. The van der Waals surface area contributed by atoms with Gasteiger partial charge in [-0.05, 0) is 61.2 Å². The molecule has 162 valence electrons. The van der Waals surface area contributed by atoms with Crippen molar-refractivity contribution >= 4 is 22.6 Å². The van der Waals surface area contributed by atoms with Gasteiger partial charge < -0.3 is 15.6 Å². The lowest BCUT2D eigenvalue weighted by Crippen LogP contribution is -2.28. The SMILES string of the molecule is Cc1cc(-c2ccc(N)nc2)cc(C2CCN(C(=O)CCc3c[nH]c4ccccc34)C2)n1. The summed E-state index contributed by atoms with van der Waals surface area (Å²) in [7, 11) is 0. The predicted octanol–water partition coefficient (Wildman–Crippen LogP) is 4.46. The minimum atomic E-state index is 0.216. The molecule has 0 radical (unpaired) electrons. The molecule has 1 aliphatic heterocycles. The van der Waals surface area contributed by atoms with Gasteiger partial charge >= 0.3 is 0 Å². The van der Waals surface area contributed by atoms with Crippen LogP contribution in [-0.2, 0) is 11.2 Å². The van der Waals surface area contributed by atoms with Gasteiger partial charge in [0.05, 0.1) is 0 Å². The molecule has 1 unspecified atom stereocenters. The Kier molecular flexibility index (Phi) is 5.35. The van der Waals surface area contributed by atoms with Crippen molar-refractivity contribution < 1.29 is 4.79 Å². The van der Waals surface area contributed by atoms with Crippen LogP contribution < -0.4 is 5.73 Å². The van der Waals surface area contributed by atoms with Crippen LogP contribution >= 0.6 is 0 Å². The van der Waals surface area contributed by atoms with Crippen LogP contribution in [0.5, 0.6) is 0 Å². The minimum absolute atomic E-state index is 0.216. The topological polar surface area (TPSA) is 87.9 Å². The number of likely N-dealkylation sites (tertiary alicyclic amines) is 1. The number of para-hydroxylation sites is 1. The van der Waals surface area contributed by atoms with E-state index in [9.17, 15) is 4.79 Å². The summed E-state index contributed by atoms with van der Waals surface area (Å²) in [5.41, 5.74) is 12.2. The molecule has 1 aromatic carbocycles.